The fraction of sp³-hybridized carbons (Fsp3) is 0.875. The first-order valence-electron chi connectivity index (χ1n) is 4.09. The van der Waals surface area contributed by atoms with Crippen molar-refractivity contribution in [1.82, 2.24) is 4.90 Å². The van der Waals surface area contributed by atoms with Gasteiger partial charge in [-0.05, 0) is 7.05 Å². The largest absolute Gasteiger partial charge is 0.300 e. The summed E-state index contributed by atoms with van der Waals surface area (Å²) in [7, 11) is 2.15. The van der Waals surface area contributed by atoms with Crippen molar-refractivity contribution in [2.45, 2.75) is 24.9 Å². The van der Waals surface area contributed by atoms with Gasteiger partial charge in [-0.3, -0.25) is 9.69 Å². The second kappa shape index (κ2) is 2.79. The molecule has 0 unspecified atom stereocenters. The van der Waals surface area contributed by atoms with Crippen LogP contribution in [0.15, 0.2) is 0 Å². The van der Waals surface area contributed by atoms with E-state index in [9.17, 15) is 4.79 Å². The lowest BCUT2D eigenvalue weighted by molar-refractivity contribution is -0.124. The molecule has 2 atom stereocenters. The average Bonchev–Trinajstić information content (AvgIpc) is 1.92. The third kappa shape index (κ3) is 1.32. The van der Waals surface area contributed by atoms with E-state index in [-0.39, 0.29) is 0 Å². The number of Topliss-reactive ketones (excluding diaryl/α,β-unsaturated/α-hetero) is 1. The standard InChI is InChI=1S/C8H13NOS/c1-9-6-2-8(10)3-7(9)5-11-4-6/h6-7H,2-5H2,1H3/t6-,7+. The van der Waals surface area contributed by atoms with Gasteiger partial charge in [0, 0.05) is 36.4 Å². The molecular weight excluding hydrogens is 158 g/mol. The molecule has 2 bridgehead atoms. The predicted molar refractivity (Wildman–Crippen MR) is 46.9 cm³/mol. The Hall–Kier alpha value is -0.0200. The molecule has 0 N–H and O–H groups in total. The summed E-state index contributed by atoms with van der Waals surface area (Å²) in [6.07, 6.45) is 1.58. The summed E-state index contributed by atoms with van der Waals surface area (Å²) < 4.78 is 0. The zero-order chi connectivity index (χ0) is 7.84. The zero-order valence-electron chi connectivity index (χ0n) is 6.75. The van der Waals surface area contributed by atoms with Crippen LogP contribution in [0.25, 0.3) is 0 Å². The second-order valence-corrected chi connectivity index (χ2v) is 4.53. The number of carbonyl (C=O) groups excluding carboxylic acids is 1. The van der Waals surface area contributed by atoms with Crippen LogP contribution in [0.5, 0.6) is 0 Å². The van der Waals surface area contributed by atoms with E-state index in [1.54, 1.807) is 0 Å². The number of piperidine rings is 1. The Labute approximate surface area is 71.3 Å². The molecule has 2 fully saturated rings. The molecular formula is C8H13NOS. The molecule has 0 aliphatic carbocycles. The van der Waals surface area contributed by atoms with Crippen LogP contribution in [0.4, 0.5) is 0 Å². The quantitative estimate of drug-likeness (QED) is 0.537. The van der Waals surface area contributed by atoms with Crippen LogP contribution in [0.1, 0.15) is 12.8 Å². The average molecular weight is 171 g/mol. The van der Waals surface area contributed by atoms with Crippen molar-refractivity contribution in [1.29, 1.82) is 0 Å². The van der Waals surface area contributed by atoms with Gasteiger partial charge in [0.2, 0.25) is 0 Å². The smallest absolute Gasteiger partial charge is 0.136 e. The molecule has 0 aromatic carbocycles. The van der Waals surface area contributed by atoms with Gasteiger partial charge in [0.25, 0.3) is 0 Å². The van der Waals surface area contributed by atoms with E-state index in [1.165, 1.54) is 0 Å². The van der Waals surface area contributed by atoms with Crippen molar-refractivity contribution in [3.63, 3.8) is 0 Å². The van der Waals surface area contributed by atoms with Crippen molar-refractivity contribution in [2.24, 2.45) is 0 Å². The molecule has 0 aromatic rings. The van der Waals surface area contributed by atoms with Crippen LogP contribution >= 0.6 is 11.8 Å². The van der Waals surface area contributed by atoms with E-state index in [0.29, 0.717) is 17.9 Å². The molecule has 0 amide bonds. The van der Waals surface area contributed by atoms with Gasteiger partial charge < -0.3 is 0 Å². The van der Waals surface area contributed by atoms with E-state index < -0.39 is 0 Å². The molecule has 2 nitrogen and oxygen atoms in total. The highest BCUT2D eigenvalue weighted by Crippen LogP contribution is 2.29. The number of thioether (sulfide) groups is 1. The Bertz CT molecular complexity index is 167. The van der Waals surface area contributed by atoms with E-state index in [4.69, 9.17) is 0 Å². The lowest BCUT2D eigenvalue weighted by Gasteiger charge is -2.42. The number of rotatable bonds is 0. The highest BCUT2D eigenvalue weighted by molar-refractivity contribution is 7.99. The fourth-order valence-electron chi connectivity index (χ4n) is 1.89. The van der Waals surface area contributed by atoms with Gasteiger partial charge in [0.15, 0.2) is 0 Å². The Morgan fingerprint density at radius 3 is 2.45 bits per heavy atom. The van der Waals surface area contributed by atoms with Gasteiger partial charge >= 0.3 is 0 Å². The lowest BCUT2D eigenvalue weighted by atomic mass is 9.97. The lowest BCUT2D eigenvalue weighted by Crippen LogP contribution is -2.52. The third-order valence-electron chi connectivity index (χ3n) is 2.70. The van der Waals surface area contributed by atoms with E-state index in [1.807, 2.05) is 11.8 Å². The first-order chi connectivity index (χ1) is 5.27. The Balaban J connectivity index is 2.12. The van der Waals surface area contributed by atoms with Crippen LogP contribution in [-0.2, 0) is 4.79 Å². The normalized spacial score (nSPS) is 39.2. The maximum atomic E-state index is 11.2. The number of nitrogens with zero attached hydrogens (tertiary/aromatic N) is 1. The second-order valence-electron chi connectivity index (χ2n) is 3.46. The maximum absolute atomic E-state index is 11.2. The molecule has 2 aliphatic rings. The molecule has 0 spiro atoms. The van der Waals surface area contributed by atoms with Crippen molar-refractivity contribution in [3.05, 3.63) is 0 Å². The molecule has 11 heavy (non-hydrogen) atoms. The van der Waals surface area contributed by atoms with Gasteiger partial charge in [-0.15, -0.1) is 0 Å². The van der Waals surface area contributed by atoms with Crippen molar-refractivity contribution < 1.29 is 4.79 Å². The third-order valence-corrected chi connectivity index (χ3v) is 3.94. The van der Waals surface area contributed by atoms with E-state index >= 15 is 0 Å². The molecule has 2 saturated heterocycles. The minimum Gasteiger partial charge on any atom is -0.300 e. The number of hydrogen-bond acceptors (Lipinski definition) is 3. The number of ketones is 1. The van der Waals surface area contributed by atoms with Crippen LogP contribution in [0, 0.1) is 0 Å². The zero-order valence-corrected chi connectivity index (χ0v) is 7.56. The fourth-order valence-corrected chi connectivity index (χ4v) is 3.27. The predicted octanol–water partition coefficient (Wildman–Crippen LogP) is 0.765. The van der Waals surface area contributed by atoms with Crippen molar-refractivity contribution >= 4 is 17.5 Å². The number of fused-ring (bicyclic) bond motifs is 2. The molecule has 0 aromatic heterocycles. The minimum absolute atomic E-state index is 0.471. The van der Waals surface area contributed by atoms with Gasteiger partial charge in [0.1, 0.15) is 5.78 Å². The molecule has 2 aliphatic heterocycles. The maximum Gasteiger partial charge on any atom is 0.136 e. The summed E-state index contributed by atoms with van der Waals surface area (Å²) in [6, 6.07) is 1.08. The van der Waals surface area contributed by atoms with Crippen LogP contribution in [-0.4, -0.2) is 41.3 Å². The van der Waals surface area contributed by atoms with Gasteiger partial charge in [0.05, 0.1) is 0 Å². The topological polar surface area (TPSA) is 20.3 Å². The molecule has 2 rings (SSSR count). The van der Waals surface area contributed by atoms with Crippen LogP contribution < -0.4 is 0 Å². The van der Waals surface area contributed by atoms with Gasteiger partial charge in [-0.25, -0.2) is 0 Å². The highest BCUT2D eigenvalue weighted by atomic mass is 32.2. The molecule has 3 heteroatoms. The van der Waals surface area contributed by atoms with Crippen LogP contribution in [0.2, 0.25) is 0 Å². The monoisotopic (exact) mass is 171 g/mol. The minimum atomic E-state index is 0.471. The highest BCUT2D eigenvalue weighted by Gasteiger charge is 2.35. The van der Waals surface area contributed by atoms with Crippen LogP contribution in [0.3, 0.4) is 0 Å². The van der Waals surface area contributed by atoms with E-state index in [0.717, 1.165) is 24.3 Å². The van der Waals surface area contributed by atoms with Gasteiger partial charge in [-0.2, -0.15) is 11.8 Å². The first-order valence-corrected chi connectivity index (χ1v) is 5.24. The summed E-state index contributed by atoms with van der Waals surface area (Å²) >= 11 is 2.00. The molecule has 0 saturated carbocycles. The van der Waals surface area contributed by atoms with E-state index in [2.05, 4.69) is 11.9 Å². The molecule has 2 heterocycles. The summed E-state index contributed by atoms with van der Waals surface area (Å²) in [4.78, 5) is 13.6. The Morgan fingerprint density at radius 1 is 1.36 bits per heavy atom. The summed E-state index contributed by atoms with van der Waals surface area (Å²) in [5, 5.41) is 0. The molecule has 62 valence electrons. The van der Waals surface area contributed by atoms with Gasteiger partial charge in [-0.1, -0.05) is 0 Å². The summed E-state index contributed by atoms with van der Waals surface area (Å²) in [5.41, 5.74) is 0. The summed E-state index contributed by atoms with van der Waals surface area (Å²) in [5.74, 6) is 2.77. The molecule has 0 radical (unpaired) electrons. The number of carbonyl (C=O) groups is 1. The first kappa shape index (κ1) is 7.62. The van der Waals surface area contributed by atoms with Crippen molar-refractivity contribution in [2.75, 3.05) is 18.6 Å². The number of hydrogen-bond donors (Lipinski definition) is 0. The Kier molecular flexibility index (Phi) is 1.93. The SMILES string of the molecule is CN1[C@@H]2CSC[C@H]1CC(=O)C2. The summed E-state index contributed by atoms with van der Waals surface area (Å²) in [6.45, 7) is 0. The Morgan fingerprint density at radius 2 is 1.91 bits per heavy atom. The van der Waals surface area contributed by atoms with Crippen molar-refractivity contribution in [3.8, 4) is 0 Å².